The first-order chi connectivity index (χ1) is 17.6. The molecule has 7 nitrogen and oxygen atoms in total. The lowest BCUT2D eigenvalue weighted by molar-refractivity contribution is -0.162. The number of ether oxygens (including phenoxy) is 1. The van der Waals surface area contributed by atoms with Crippen molar-refractivity contribution in [2.24, 2.45) is 0 Å². The number of fused-ring (bicyclic) bond motifs is 2. The van der Waals surface area contributed by atoms with E-state index in [4.69, 9.17) is 4.74 Å². The number of pyridine rings is 1. The first-order valence-corrected chi connectivity index (χ1v) is 12.6. The molecule has 0 radical (unpaired) electrons. The Kier molecular flexibility index (Phi) is 5.92. The number of aromatic nitrogens is 2. The number of benzene rings is 2. The highest BCUT2D eigenvalue weighted by atomic mass is 79.9. The van der Waals surface area contributed by atoms with Gasteiger partial charge in [-0.05, 0) is 78.2 Å². The Bertz CT molecular complexity index is 1580. The van der Waals surface area contributed by atoms with Gasteiger partial charge in [-0.3, -0.25) is 4.79 Å². The van der Waals surface area contributed by atoms with E-state index < -0.39 is 23.0 Å². The van der Waals surface area contributed by atoms with Crippen LogP contribution in [0.25, 0.3) is 5.52 Å². The number of likely N-dealkylation sites (N-methyl/N-ethyl adjacent to an activating group) is 1. The maximum absolute atomic E-state index is 14.5. The number of Topliss-reactive ketones (excluding diaryl/α,β-unsaturated/α-hetero) is 1. The topological polar surface area (TPSA) is 87.7 Å². The molecule has 0 saturated carbocycles. The second-order valence-electron chi connectivity index (χ2n) is 10.1. The molecular weight excluding hydrogens is 532 g/mol. The Morgan fingerprint density at radius 2 is 1.81 bits per heavy atom. The second-order valence-corrected chi connectivity index (χ2v) is 11.0. The van der Waals surface area contributed by atoms with Crippen LogP contribution in [0.5, 0.6) is 0 Å². The van der Waals surface area contributed by atoms with Crippen molar-refractivity contribution in [2.75, 3.05) is 11.9 Å². The molecule has 0 N–H and O–H groups in total. The van der Waals surface area contributed by atoms with E-state index >= 15 is 0 Å². The van der Waals surface area contributed by atoms with E-state index in [0.29, 0.717) is 16.7 Å². The van der Waals surface area contributed by atoms with Crippen LogP contribution in [0.15, 0.2) is 77.5 Å². The van der Waals surface area contributed by atoms with Gasteiger partial charge in [-0.25, -0.2) is 9.31 Å². The summed E-state index contributed by atoms with van der Waals surface area (Å²) in [6, 6.07) is 20.0. The lowest BCUT2D eigenvalue weighted by Gasteiger charge is -2.41. The first kappa shape index (κ1) is 24.7. The molecule has 0 amide bonds. The van der Waals surface area contributed by atoms with Crippen LogP contribution in [0.4, 0.5) is 5.69 Å². The standard InChI is InChI=1S/C29H25BrN4O3/c1-28(2,3)37-27(36)29(20-11-9-18(16-31)10-12-20)25(21-7-5-6-8-23(21)33(29)4)26(35)19-13-14-34-24(15-19)22(30)17-32-34/h5-15,17,25H,1-4H3. The maximum atomic E-state index is 14.5. The van der Waals surface area contributed by atoms with Gasteiger partial charge in [0, 0.05) is 24.5 Å². The Morgan fingerprint density at radius 1 is 1.11 bits per heavy atom. The predicted molar refractivity (Wildman–Crippen MR) is 143 cm³/mol. The molecule has 1 aliphatic heterocycles. The molecule has 4 aromatic rings. The SMILES string of the molecule is CN1c2ccccc2C(C(=O)c2ccn3ncc(Br)c3c2)C1(C(=O)OC(C)(C)C)c1ccc(C#N)cc1. The average molecular weight is 557 g/mol. The summed E-state index contributed by atoms with van der Waals surface area (Å²) in [5, 5.41) is 13.7. The summed E-state index contributed by atoms with van der Waals surface area (Å²) in [4.78, 5) is 30.6. The van der Waals surface area contributed by atoms with Crippen LogP contribution < -0.4 is 4.90 Å². The smallest absolute Gasteiger partial charge is 0.338 e. The summed E-state index contributed by atoms with van der Waals surface area (Å²) in [7, 11) is 1.81. The number of halogens is 1. The number of esters is 1. The molecule has 8 heteroatoms. The molecule has 2 aromatic heterocycles. The van der Waals surface area contributed by atoms with Crippen LogP contribution in [0.2, 0.25) is 0 Å². The normalized spacial score (nSPS) is 18.9. The van der Waals surface area contributed by atoms with Crippen LogP contribution in [-0.2, 0) is 15.1 Å². The van der Waals surface area contributed by atoms with E-state index in [1.807, 2.05) is 36.2 Å². The number of rotatable bonds is 4. The number of nitrogens with zero attached hydrogens (tertiary/aromatic N) is 4. The Hall–Kier alpha value is -3.96. The predicted octanol–water partition coefficient (Wildman–Crippen LogP) is 5.62. The van der Waals surface area contributed by atoms with Crippen LogP contribution >= 0.6 is 15.9 Å². The Labute approximate surface area is 223 Å². The highest BCUT2D eigenvalue weighted by Crippen LogP contribution is 2.54. The molecule has 0 bridgehead atoms. The zero-order valence-corrected chi connectivity index (χ0v) is 22.5. The van der Waals surface area contributed by atoms with Crippen molar-refractivity contribution >= 4 is 38.9 Å². The van der Waals surface area contributed by atoms with Crippen LogP contribution in [0.3, 0.4) is 0 Å². The molecule has 1 aliphatic rings. The largest absolute Gasteiger partial charge is 0.458 e. The molecule has 2 atom stereocenters. The Morgan fingerprint density at radius 3 is 2.49 bits per heavy atom. The summed E-state index contributed by atoms with van der Waals surface area (Å²) >= 11 is 3.49. The van der Waals surface area contributed by atoms with Crippen molar-refractivity contribution in [3.63, 3.8) is 0 Å². The molecule has 2 unspecified atom stereocenters. The quantitative estimate of drug-likeness (QED) is 0.239. The minimum absolute atomic E-state index is 0.220. The summed E-state index contributed by atoms with van der Waals surface area (Å²) in [6.07, 6.45) is 3.40. The van der Waals surface area contributed by atoms with Gasteiger partial charge in [-0.2, -0.15) is 10.4 Å². The number of carbonyl (C=O) groups excluding carboxylic acids is 2. The first-order valence-electron chi connectivity index (χ1n) is 11.8. The third-order valence-electron chi connectivity index (χ3n) is 6.74. The Balaban J connectivity index is 1.78. The number of ketones is 1. The summed E-state index contributed by atoms with van der Waals surface area (Å²) < 4.78 is 8.45. The average Bonchev–Trinajstić information content (AvgIpc) is 3.38. The van der Waals surface area contributed by atoms with Crippen LogP contribution in [0.1, 0.15) is 53.7 Å². The number of anilines is 1. The van der Waals surface area contributed by atoms with Crippen molar-refractivity contribution in [1.29, 1.82) is 5.26 Å². The van der Waals surface area contributed by atoms with Gasteiger partial charge in [-0.1, -0.05) is 30.3 Å². The van der Waals surface area contributed by atoms with E-state index in [1.54, 1.807) is 74.1 Å². The lowest BCUT2D eigenvalue weighted by atomic mass is 9.73. The van der Waals surface area contributed by atoms with Gasteiger partial charge in [0.15, 0.2) is 11.3 Å². The fraction of sp³-hybridized carbons (Fsp3) is 0.241. The molecule has 186 valence electrons. The molecule has 0 fully saturated rings. The van der Waals surface area contributed by atoms with Crippen molar-refractivity contribution in [3.8, 4) is 6.07 Å². The molecule has 5 rings (SSSR count). The van der Waals surface area contributed by atoms with Gasteiger partial charge < -0.3 is 9.64 Å². The molecule has 0 saturated heterocycles. The van der Waals surface area contributed by atoms with Gasteiger partial charge in [-0.15, -0.1) is 0 Å². The number of hydrogen-bond donors (Lipinski definition) is 0. The van der Waals surface area contributed by atoms with Crippen molar-refractivity contribution in [3.05, 3.63) is 99.8 Å². The summed E-state index contributed by atoms with van der Waals surface area (Å²) in [5.41, 5.74) is 1.44. The van der Waals surface area contributed by atoms with E-state index in [9.17, 15) is 14.9 Å². The number of carbonyl (C=O) groups is 2. The van der Waals surface area contributed by atoms with Crippen molar-refractivity contribution < 1.29 is 14.3 Å². The summed E-state index contributed by atoms with van der Waals surface area (Å²) in [6.45, 7) is 5.42. The lowest BCUT2D eigenvalue weighted by Crippen LogP contribution is -2.55. The second kappa shape index (κ2) is 8.86. The van der Waals surface area contributed by atoms with Crippen LogP contribution in [-0.4, -0.2) is 34.0 Å². The van der Waals surface area contributed by atoms with Gasteiger partial charge in [0.25, 0.3) is 0 Å². The fourth-order valence-corrected chi connectivity index (χ4v) is 5.52. The van der Waals surface area contributed by atoms with Gasteiger partial charge >= 0.3 is 5.97 Å². The molecule has 3 heterocycles. The minimum Gasteiger partial charge on any atom is -0.458 e. The molecular formula is C29H25BrN4O3. The van der Waals surface area contributed by atoms with Gasteiger partial charge in [0.2, 0.25) is 0 Å². The molecule has 0 aliphatic carbocycles. The van der Waals surface area contributed by atoms with E-state index in [1.165, 1.54) is 0 Å². The highest BCUT2D eigenvalue weighted by Gasteiger charge is 2.61. The van der Waals surface area contributed by atoms with Crippen molar-refractivity contribution in [1.82, 2.24) is 9.61 Å². The van der Waals surface area contributed by atoms with E-state index in [2.05, 4.69) is 27.1 Å². The zero-order valence-electron chi connectivity index (χ0n) is 20.9. The third kappa shape index (κ3) is 3.91. The fourth-order valence-electron chi connectivity index (χ4n) is 5.14. The monoisotopic (exact) mass is 556 g/mol. The summed E-state index contributed by atoms with van der Waals surface area (Å²) in [5.74, 6) is -1.66. The van der Waals surface area contributed by atoms with Gasteiger partial charge in [0.05, 0.1) is 33.7 Å². The number of hydrogen-bond acceptors (Lipinski definition) is 6. The highest BCUT2D eigenvalue weighted by molar-refractivity contribution is 9.10. The van der Waals surface area contributed by atoms with E-state index in [0.717, 1.165) is 21.2 Å². The number of para-hydroxylation sites is 1. The third-order valence-corrected chi connectivity index (χ3v) is 7.35. The van der Waals surface area contributed by atoms with Gasteiger partial charge in [0.1, 0.15) is 5.60 Å². The van der Waals surface area contributed by atoms with Crippen LogP contribution in [0, 0.1) is 11.3 Å². The minimum atomic E-state index is -1.49. The van der Waals surface area contributed by atoms with Crippen molar-refractivity contribution in [2.45, 2.75) is 37.8 Å². The molecule has 0 spiro atoms. The number of nitriles is 1. The zero-order chi connectivity index (χ0) is 26.5. The molecule has 2 aromatic carbocycles. The van der Waals surface area contributed by atoms with E-state index in [-0.39, 0.29) is 5.78 Å². The molecule has 37 heavy (non-hydrogen) atoms. The maximum Gasteiger partial charge on any atom is 0.338 e.